The highest BCUT2D eigenvalue weighted by molar-refractivity contribution is 6.42. The van der Waals surface area contributed by atoms with Gasteiger partial charge in [-0.05, 0) is 50.2 Å². The van der Waals surface area contributed by atoms with Gasteiger partial charge in [0.25, 0.3) is 5.92 Å². The van der Waals surface area contributed by atoms with Crippen LogP contribution in [0.25, 0.3) is 0 Å². The fourth-order valence-corrected chi connectivity index (χ4v) is 6.02. The van der Waals surface area contributed by atoms with Crippen molar-refractivity contribution < 1.29 is 22.8 Å². The molecule has 2 unspecified atom stereocenters. The number of carbonyl (C=O) groups excluding carboxylic acids is 2. The molecule has 9 heteroatoms. The number of rotatable bonds is 6. The average molecular weight is 477 g/mol. The summed E-state index contributed by atoms with van der Waals surface area (Å²) in [5, 5.41) is 5.98. The lowest BCUT2D eigenvalue weighted by atomic mass is 9.82. The number of alkyl halides is 2. The predicted octanol–water partition coefficient (Wildman–Crippen LogP) is 4.93. The molecule has 6 atom stereocenters. The van der Waals surface area contributed by atoms with E-state index in [9.17, 15) is 22.8 Å². The quantitative estimate of drug-likeness (QED) is 0.571. The Morgan fingerprint density at radius 2 is 1.84 bits per heavy atom. The van der Waals surface area contributed by atoms with Crippen LogP contribution in [0.3, 0.4) is 0 Å². The molecule has 1 aromatic rings. The van der Waals surface area contributed by atoms with Gasteiger partial charge in [0, 0.05) is 48.7 Å². The SMILES string of the molecule is CC(=O)NC1CC[C@@H](C(=O)NC[C@@H](c2c(F)ccc(Cl)c2Cl)C2C[C@@H]3[C@H](C2)C3(F)F)C1. The molecule has 0 saturated heterocycles. The first-order valence-electron chi connectivity index (χ1n) is 10.7. The zero-order chi connectivity index (χ0) is 22.5. The number of nitrogens with one attached hydrogen (secondary N) is 2. The lowest BCUT2D eigenvalue weighted by Gasteiger charge is -2.28. The van der Waals surface area contributed by atoms with Crippen molar-refractivity contribution in [2.45, 2.75) is 56.9 Å². The zero-order valence-corrected chi connectivity index (χ0v) is 18.6. The first-order valence-corrected chi connectivity index (χ1v) is 11.4. The first kappa shape index (κ1) is 22.7. The van der Waals surface area contributed by atoms with E-state index in [4.69, 9.17) is 23.2 Å². The predicted molar refractivity (Wildman–Crippen MR) is 112 cm³/mol. The molecule has 4 nitrogen and oxygen atoms in total. The standard InChI is InChI=1S/C22H25Cl2F3N2O2/c1-10(30)29-13-3-2-11(6-13)21(31)28-9-14(12-7-15-16(8-12)22(15,26)27)19-18(25)5-4-17(23)20(19)24/h4-5,11-16H,2-3,6-9H2,1H3,(H,28,31)(H,29,30)/t11-,12?,13?,14-,15-,16+/m1/s1. The number of carbonyl (C=O) groups is 2. The second-order valence-electron chi connectivity index (χ2n) is 9.13. The van der Waals surface area contributed by atoms with Crippen molar-refractivity contribution >= 4 is 35.0 Å². The van der Waals surface area contributed by atoms with Crippen molar-refractivity contribution in [3.8, 4) is 0 Å². The monoisotopic (exact) mass is 476 g/mol. The maximum Gasteiger partial charge on any atom is 0.254 e. The molecule has 2 amide bonds. The van der Waals surface area contributed by atoms with Crippen molar-refractivity contribution in [1.82, 2.24) is 10.6 Å². The molecule has 0 bridgehead atoms. The minimum absolute atomic E-state index is 0.0342. The van der Waals surface area contributed by atoms with Crippen LogP contribution < -0.4 is 10.6 Å². The molecular weight excluding hydrogens is 452 g/mol. The first-order chi connectivity index (χ1) is 14.6. The van der Waals surface area contributed by atoms with E-state index in [2.05, 4.69) is 10.6 Å². The minimum Gasteiger partial charge on any atom is -0.355 e. The molecule has 0 aliphatic heterocycles. The Balaban J connectivity index is 1.47. The lowest BCUT2D eigenvalue weighted by molar-refractivity contribution is -0.125. The number of fused-ring (bicyclic) bond motifs is 1. The van der Waals surface area contributed by atoms with Crippen LogP contribution in [-0.4, -0.2) is 30.3 Å². The van der Waals surface area contributed by atoms with Gasteiger partial charge in [-0.15, -0.1) is 0 Å². The molecule has 3 saturated carbocycles. The summed E-state index contributed by atoms with van der Waals surface area (Å²) < 4.78 is 42.2. The van der Waals surface area contributed by atoms with Crippen LogP contribution in [0.15, 0.2) is 12.1 Å². The summed E-state index contributed by atoms with van der Waals surface area (Å²) in [6, 6.07) is 2.55. The van der Waals surface area contributed by atoms with Gasteiger partial charge >= 0.3 is 0 Å². The largest absolute Gasteiger partial charge is 0.355 e. The van der Waals surface area contributed by atoms with Crippen LogP contribution in [0.4, 0.5) is 13.2 Å². The molecule has 0 aromatic heterocycles. The van der Waals surface area contributed by atoms with Gasteiger partial charge in [0.05, 0.1) is 10.0 Å². The summed E-state index contributed by atoms with van der Waals surface area (Å²) in [7, 11) is 0. The zero-order valence-electron chi connectivity index (χ0n) is 17.1. The van der Waals surface area contributed by atoms with E-state index in [0.29, 0.717) is 12.8 Å². The van der Waals surface area contributed by atoms with E-state index >= 15 is 0 Å². The summed E-state index contributed by atoms with van der Waals surface area (Å²) in [6.45, 7) is 1.55. The Bertz CT molecular complexity index is 884. The Morgan fingerprint density at radius 3 is 2.48 bits per heavy atom. The molecule has 3 fully saturated rings. The third-order valence-corrected chi connectivity index (χ3v) is 8.02. The van der Waals surface area contributed by atoms with Gasteiger partial charge in [-0.25, -0.2) is 13.2 Å². The van der Waals surface area contributed by atoms with Crippen molar-refractivity contribution in [2.24, 2.45) is 23.7 Å². The van der Waals surface area contributed by atoms with Gasteiger partial charge in [0.15, 0.2) is 0 Å². The van der Waals surface area contributed by atoms with E-state index < -0.39 is 29.5 Å². The van der Waals surface area contributed by atoms with Gasteiger partial charge in [-0.1, -0.05) is 23.2 Å². The molecule has 1 aromatic carbocycles. The van der Waals surface area contributed by atoms with Crippen LogP contribution >= 0.6 is 23.2 Å². The average Bonchev–Trinajstić information content (AvgIpc) is 3.14. The van der Waals surface area contributed by atoms with Gasteiger partial charge < -0.3 is 10.6 Å². The molecule has 0 heterocycles. The smallest absolute Gasteiger partial charge is 0.254 e. The molecule has 170 valence electrons. The molecule has 31 heavy (non-hydrogen) atoms. The molecule has 0 radical (unpaired) electrons. The Morgan fingerprint density at radius 1 is 1.16 bits per heavy atom. The third kappa shape index (κ3) is 4.40. The maximum absolute atomic E-state index is 14.7. The Labute approximate surface area is 189 Å². The van der Waals surface area contributed by atoms with E-state index in [1.54, 1.807) is 0 Å². The minimum atomic E-state index is -2.64. The molecule has 3 aliphatic rings. The van der Waals surface area contributed by atoms with Crippen LogP contribution in [0.2, 0.25) is 10.0 Å². The summed E-state index contributed by atoms with van der Waals surface area (Å²) in [6.07, 6.45) is 2.45. The van der Waals surface area contributed by atoms with Crippen LogP contribution in [0, 0.1) is 29.5 Å². The second-order valence-corrected chi connectivity index (χ2v) is 9.92. The summed E-state index contributed by atoms with van der Waals surface area (Å²) in [4.78, 5) is 24.0. The number of hydrogen-bond acceptors (Lipinski definition) is 2. The molecule has 3 aliphatic carbocycles. The Hall–Kier alpha value is -1.47. The van der Waals surface area contributed by atoms with Crippen LogP contribution in [0.5, 0.6) is 0 Å². The lowest BCUT2D eigenvalue weighted by Crippen LogP contribution is -2.37. The van der Waals surface area contributed by atoms with Crippen LogP contribution in [0.1, 0.15) is 50.5 Å². The maximum atomic E-state index is 14.7. The van der Waals surface area contributed by atoms with E-state index in [-0.39, 0.29) is 64.7 Å². The topological polar surface area (TPSA) is 58.2 Å². The van der Waals surface area contributed by atoms with Crippen molar-refractivity contribution in [3.63, 3.8) is 0 Å². The molecule has 2 N–H and O–H groups in total. The van der Waals surface area contributed by atoms with E-state index in [0.717, 1.165) is 6.42 Å². The number of benzene rings is 1. The highest BCUT2D eigenvalue weighted by Gasteiger charge is 2.71. The van der Waals surface area contributed by atoms with Gasteiger partial charge in [0.1, 0.15) is 5.82 Å². The van der Waals surface area contributed by atoms with Gasteiger partial charge in [0.2, 0.25) is 11.8 Å². The highest BCUT2D eigenvalue weighted by Crippen LogP contribution is 2.67. The molecule has 4 rings (SSSR count). The van der Waals surface area contributed by atoms with Crippen molar-refractivity contribution in [1.29, 1.82) is 0 Å². The molecule has 0 spiro atoms. The van der Waals surface area contributed by atoms with Gasteiger partial charge in [-0.3, -0.25) is 9.59 Å². The number of halogens is 5. The summed E-state index contributed by atoms with van der Waals surface area (Å²) >= 11 is 12.4. The summed E-state index contributed by atoms with van der Waals surface area (Å²) in [5.74, 6) is -5.84. The van der Waals surface area contributed by atoms with E-state index in [1.807, 2.05) is 0 Å². The molecular formula is C22H25Cl2F3N2O2. The normalized spacial score (nSPS) is 31.7. The highest BCUT2D eigenvalue weighted by atomic mass is 35.5. The fraction of sp³-hybridized carbons (Fsp3) is 0.636. The van der Waals surface area contributed by atoms with Crippen molar-refractivity contribution in [2.75, 3.05) is 6.54 Å². The van der Waals surface area contributed by atoms with Crippen molar-refractivity contribution in [3.05, 3.63) is 33.6 Å². The van der Waals surface area contributed by atoms with E-state index in [1.165, 1.54) is 19.1 Å². The summed E-state index contributed by atoms with van der Waals surface area (Å²) in [5.41, 5.74) is 0.187. The number of amides is 2. The Kier molecular flexibility index (Phi) is 6.21. The second kappa shape index (κ2) is 8.47. The van der Waals surface area contributed by atoms with Gasteiger partial charge in [-0.2, -0.15) is 0 Å². The fourth-order valence-electron chi connectivity index (χ4n) is 5.56. The number of hydrogen-bond donors (Lipinski definition) is 2. The third-order valence-electron chi connectivity index (χ3n) is 7.20. The van der Waals surface area contributed by atoms with Crippen LogP contribution in [-0.2, 0) is 9.59 Å².